The van der Waals surface area contributed by atoms with Crippen molar-refractivity contribution in [2.24, 2.45) is 4.99 Å². The van der Waals surface area contributed by atoms with Crippen LogP contribution in [0.15, 0.2) is 82.3 Å². The van der Waals surface area contributed by atoms with E-state index in [0.717, 1.165) is 40.9 Å². The summed E-state index contributed by atoms with van der Waals surface area (Å²) in [5, 5.41) is 0. The van der Waals surface area contributed by atoms with Crippen molar-refractivity contribution in [3.8, 4) is 11.5 Å². The van der Waals surface area contributed by atoms with E-state index in [2.05, 4.69) is 27.8 Å². The van der Waals surface area contributed by atoms with E-state index in [4.69, 9.17) is 9.47 Å². The Morgan fingerprint density at radius 2 is 1.76 bits per heavy atom. The topological polar surface area (TPSA) is 47.9 Å². The third-order valence-electron chi connectivity index (χ3n) is 4.12. The number of carbonyl (C=O) groups is 1. The van der Waals surface area contributed by atoms with Gasteiger partial charge in [-0.25, -0.2) is 4.79 Å². The van der Waals surface area contributed by atoms with Crippen molar-refractivity contribution in [1.82, 2.24) is 0 Å². The molecule has 3 aromatic rings. The molecule has 0 aliphatic heterocycles. The first kappa shape index (κ1) is 20.8. The highest BCUT2D eigenvalue weighted by Gasteiger charge is 2.08. The summed E-state index contributed by atoms with van der Waals surface area (Å²) in [6.07, 6.45) is 3.95. The summed E-state index contributed by atoms with van der Waals surface area (Å²) < 4.78 is 11.9. The number of nitrogens with zero attached hydrogens (tertiary/aromatic N) is 1. The molecule has 0 N–H and O–H groups in total. The van der Waals surface area contributed by atoms with E-state index in [-0.39, 0.29) is 0 Å². The first-order valence-corrected chi connectivity index (χ1v) is 10.3. The summed E-state index contributed by atoms with van der Waals surface area (Å²) in [6, 6.07) is 22.0. The Bertz CT molecular complexity index is 966. The van der Waals surface area contributed by atoms with Gasteiger partial charge in [-0.05, 0) is 78.7 Å². The minimum Gasteiger partial charge on any atom is -0.494 e. The van der Waals surface area contributed by atoms with Gasteiger partial charge in [0.05, 0.1) is 17.9 Å². The van der Waals surface area contributed by atoms with E-state index >= 15 is 0 Å². The minimum absolute atomic E-state index is 0.405. The van der Waals surface area contributed by atoms with Crippen LogP contribution in [-0.2, 0) is 0 Å². The van der Waals surface area contributed by atoms with Crippen molar-refractivity contribution in [1.29, 1.82) is 0 Å². The molecule has 0 atom stereocenters. The largest absolute Gasteiger partial charge is 0.494 e. The third kappa shape index (κ3) is 6.57. The molecule has 3 aromatic carbocycles. The number of hydrogen-bond acceptors (Lipinski definition) is 4. The van der Waals surface area contributed by atoms with E-state index in [1.54, 1.807) is 42.6 Å². The monoisotopic (exact) mass is 451 g/mol. The Balaban J connectivity index is 1.57. The molecule has 0 unspecified atom stereocenters. The lowest BCUT2D eigenvalue weighted by Crippen LogP contribution is -2.07. The molecule has 0 aromatic heterocycles. The first-order chi connectivity index (χ1) is 14.1. The number of carbonyl (C=O) groups excluding carboxylic acids is 1. The standard InChI is InChI=1S/C24H22BrNO3/c1-2-3-15-28-22-13-7-18(8-14-22)17-26-21-11-9-19(10-12-21)24(27)29-23-6-4-5-20(25)16-23/h4-14,16-17H,2-3,15H2,1H3. The van der Waals surface area contributed by atoms with Gasteiger partial charge in [0.15, 0.2) is 0 Å². The van der Waals surface area contributed by atoms with E-state index in [9.17, 15) is 4.79 Å². The summed E-state index contributed by atoms with van der Waals surface area (Å²) in [6.45, 7) is 2.88. The molecule has 148 valence electrons. The zero-order valence-electron chi connectivity index (χ0n) is 16.2. The van der Waals surface area contributed by atoms with Crippen LogP contribution in [0.1, 0.15) is 35.7 Å². The number of esters is 1. The predicted octanol–water partition coefficient (Wildman–Crippen LogP) is 6.60. The Morgan fingerprint density at radius 1 is 1.00 bits per heavy atom. The summed E-state index contributed by atoms with van der Waals surface area (Å²) >= 11 is 3.36. The molecule has 0 saturated carbocycles. The molecule has 29 heavy (non-hydrogen) atoms. The van der Waals surface area contributed by atoms with E-state index in [1.807, 2.05) is 36.4 Å². The number of benzene rings is 3. The molecule has 4 nitrogen and oxygen atoms in total. The molecule has 0 heterocycles. The van der Waals surface area contributed by atoms with Crippen LogP contribution < -0.4 is 9.47 Å². The molecule has 0 bridgehead atoms. The second-order valence-corrected chi connectivity index (χ2v) is 7.34. The molecule has 5 heteroatoms. The lowest BCUT2D eigenvalue weighted by atomic mass is 10.2. The fraction of sp³-hybridized carbons (Fsp3) is 0.167. The van der Waals surface area contributed by atoms with Crippen molar-refractivity contribution in [3.63, 3.8) is 0 Å². The highest BCUT2D eigenvalue weighted by atomic mass is 79.9. The Morgan fingerprint density at radius 3 is 2.45 bits per heavy atom. The minimum atomic E-state index is -0.405. The number of ether oxygens (including phenoxy) is 2. The van der Waals surface area contributed by atoms with Crippen molar-refractivity contribution < 1.29 is 14.3 Å². The summed E-state index contributed by atoms with van der Waals surface area (Å²) in [5.74, 6) is 0.954. The van der Waals surface area contributed by atoms with E-state index < -0.39 is 5.97 Å². The average Bonchev–Trinajstić information content (AvgIpc) is 2.74. The Labute approximate surface area is 179 Å². The molecular formula is C24H22BrNO3. The van der Waals surface area contributed by atoms with Crippen LogP contribution in [0.3, 0.4) is 0 Å². The van der Waals surface area contributed by atoms with E-state index in [1.165, 1.54) is 0 Å². The average molecular weight is 452 g/mol. The quantitative estimate of drug-likeness (QED) is 0.168. The number of unbranched alkanes of at least 4 members (excludes halogenated alkanes) is 1. The van der Waals surface area contributed by atoms with Crippen LogP contribution in [0.5, 0.6) is 11.5 Å². The Kier molecular flexibility index (Phi) is 7.59. The number of aliphatic imine (C=N–C) groups is 1. The molecule has 0 amide bonds. The van der Waals surface area contributed by atoms with Crippen molar-refractivity contribution in [2.45, 2.75) is 19.8 Å². The van der Waals surface area contributed by atoms with Gasteiger partial charge in [-0.3, -0.25) is 4.99 Å². The zero-order valence-corrected chi connectivity index (χ0v) is 17.8. The van der Waals surface area contributed by atoms with Crippen LogP contribution in [0.25, 0.3) is 0 Å². The first-order valence-electron chi connectivity index (χ1n) is 9.49. The third-order valence-corrected chi connectivity index (χ3v) is 4.61. The van der Waals surface area contributed by atoms with Gasteiger partial charge in [0.2, 0.25) is 0 Å². The normalized spacial score (nSPS) is 10.8. The maximum Gasteiger partial charge on any atom is 0.343 e. The number of hydrogen-bond donors (Lipinski definition) is 0. The highest BCUT2D eigenvalue weighted by Crippen LogP contribution is 2.20. The predicted molar refractivity (Wildman–Crippen MR) is 120 cm³/mol. The van der Waals surface area contributed by atoms with Gasteiger partial charge < -0.3 is 9.47 Å². The molecule has 0 aliphatic rings. The van der Waals surface area contributed by atoms with Gasteiger partial charge in [-0.2, -0.15) is 0 Å². The fourth-order valence-electron chi connectivity index (χ4n) is 2.51. The highest BCUT2D eigenvalue weighted by molar-refractivity contribution is 9.10. The van der Waals surface area contributed by atoms with Gasteiger partial charge >= 0.3 is 5.97 Å². The van der Waals surface area contributed by atoms with Gasteiger partial charge in [0, 0.05) is 10.7 Å². The number of rotatable bonds is 8. The maximum atomic E-state index is 12.3. The van der Waals surface area contributed by atoms with Crippen molar-refractivity contribution >= 4 is 33.8 Å². The summed E-state index contributed by atoms with van der Waals surface area (Å²) in [4.78, 5) is 16.7. The molecule has 0 radical (unpaired) electrons. The van der Waals surface area contributed by atoms with Crippen LogP contribution in [-0.4, -0.2) is 18.8 Å². The van der Waals surface area contributed by atoms with Crippen LogP contribution >= 0.6 is 15.9 Å². The Hall–Kier alpha value is -2.92. The van der Waals surface area contributed by atoms with Gasteiger partial charge in [0.1, 0.15) is 11.5 Å². The van der Waals surface area contributed by atoms with Crippen molar-refractivity contribution in [3.05, 3.63) is 88.4 Å². The van der Waals surface area contributed by atoms with Gasteiger partial charge in [0.25, 0.3) is 0 Å². The SMILES string of the molecule is CCCCOc1ccc(C=Nc2ccc(C(=O)Oc3cccc(Br)c3)cc2)cc1. The van der Waals surface area contributed by atoms with E-state index in [0.29, 0.717) is 11.3 Å². The second kappa shape index (κ2) is 10.6. The molecule has 3 rings (SSSR count). The smallest absolute Gasteiger partial charge is 0.343 e. The van der Waals surface area contributed by atoms with Gasteiger partial charge in [-0.1, -0.05) is 35.3 Å². The van der Waals surface area contributed by atoms with Crippen molar-refractivity contribution in [2.75, 3.05) is 6.61 Å². The molecule has 0 spiro atoms. The zero-order chi connectivity index (χ0) is 20.5. The second-order valence-electron chi connectivity index (χ2n) is 6.42. The number of halogens is 1. The summed E-state index contributed by atoms with van der Waals surface area (Å²) in [5.41, 5.74) is 2.20. The molecule has 0 fully saturated rings. The van der Waals surface area contributed by atoms with Crippen LogP contribution in [0.4, 0.5) is 5.69 Å². The fourth-order valence-corrected chi connectivity index (χ4v) is 2.89. The van der Waals surface area contributed by atoms with Crippen LogP contribution in [0.2, 0.25) is 0 Å². The lowest BCUT2D eigenvalue weighted by Gasteiger charge is -2.05. The lowest BCUT2D eigenvalue weighted by molar-refractivity contribution is 0.0734. The molecule has 0 aliphatic carbocycles. The molecular weight excluding hydrogens is 430 g/mol. The van der Waals surface area contributed by atoms with Crippen LogP contribution in [0, 0.1) is 0 Å². The van der Waals surface area contributed by atoms with Gasteiger partial charge in [-0.15, -0.1) is 0 Å². The molecule has 0 saturated heterocycles. The maximum absolute atomic E-state index is 12.3. The summed E-state index contributed by atoms with van der Waals surface area (Å²) in [7, 11) is 0.